The minimum atomic E-state index is -0.478. The van der Waals surface area contributed by atoms with E-state index in [0.717, 1.165) is 0 Å². The quantitative estimate of drug-likeness (QED) is 0.617. The minimum absolute atomic E-state index is 0.0347. The summed E-state index contributed by atoms with van der Waals surface area (Å²) >= 11 is 5.69. The zero-order valence-electron chi connectivity index (χ0n) is 9.43. The molecule has 0 aliphatic heterocycles. The minimum Gasteiger partial charge on any atom is -0.265 e. The van der Waals surface area contributed by atoms with Crippen molar-refractivity contribution in [1.82, 2.24) is 10.2 Å². The van der Waals surface area contributed by atoms with Gasteiger partial charge < -0.3 is 0 Å². The summed E-state index contributed by atoms with van der Waals surface area (Å²) in [6, 6.07) is 7.67. The molecule has 2 rings (SSSR count). The van der Waals surface area contributed by atoms with Crippen molar-refractivity contribution in [3.05, 3.63) is 41.2 Å². The van der Waals surface area contributed by atoms with Crippen LogP contribution in [0.15, 0.2) is 30.3 Å². The van der Waals surface area contributed by atoms with Crippen LogP contribution < -0.4 is 4.90 Å². The van der Waals surface area contributed by atoms with E-state index in [-0.39, 0.29) is 5.02 Å². The normalized spacial score (nSPS) is 9.89. The number of benzene rings is 1. The highest BCUT2D eigenvalue weighted by atomic mass is 35.5. The molecule has 0 saturated carbocycles. The summed E-state index contributed by atoms with van der Waals surface area (Å²) in [5.74, 6) is -0.0383. The molecule has 0 amide bonds. The molecule has 0 aliphatic carbocycles. The van der Waals surface area contributed by atoms with Crippen LogP contribution in [0.5, 0.6) is 0 Å². The molecule has 0 radical (unpaired) electrons. The lowest BCUT2D eigenvalue weighted by Crippen LogP contribution is -2.10. The molecule has 4 nitrogen and oxygen atoms in total. The fraction of sp³-hybridized carbons (Fsp3) is 0.0833. The van der Waals surface area contributed by atoms with Crippen molar-refractivity contribution >= 4 is 17.4 Å². The van der Waals surface area contributed by atoms with E-state index in [1.807, 2.05) is 6.19 Å². The van der Waals surface area contributed by atoms with Gasteiger partial charge in [-0.2, -0.15) is 5.26 Å². The van der Waals surface area contributed by atoms with Gasteiger partial charge in [0, 0.05) is 12.6 Å². The van der Waals surface area contributed by atoms with Crippen LogP contribution in [-0.4, -0.2) is 17.2 Å². The SMILES string of the molecule is CN(C#N)c1ccc(-c2ccc(F)c(Cl)c2)nn1. The van der Waals surface area contributed by atoms with Crippen molar-refractivity contribution < 1.29 is 4.39 Å². The molecular weight excluding hydrogens is 255 g/mol. The Balaban J connectivity index is 2.35. The van der Waals surface area contributed by atoms with Gasteiger partial charge in [0.05, 0.1) is 10.7 Å². The lowest BCUT2D eigenvalue weighted by molar-refractivity contribution is 0.628. The number of nitrogens with zero attached hydrogens (tertiary/aromatic N) is 4. The van der Waals surface area contributed by atoms with Crippen LogP contribution in [0.2, 0.25) is 5.02 Å². The predicted octanol–water partition coefficient (Wildman–Crippen LogP) is 2.85. The average molecular weight is 263 g/mol. The first-order valence-corrected chi connectivity index (χ1v) is 5.42. The lowest BCUT2D eigenvalue weighted by atomic mass is 10.1. The molecule has 0 bridgehead atoms. The molecule has 1 aromatic heterocycles. The number of halogens is 2. The monoisotopic (exact) mass is 262 g/mol. The van der Waals surface area contributed by atoms with E-state index in [4.69, 9.17) is 16.9 Å². The van der Waals surface area contributed by atoms with E-state index in [1.54, 1.807) is 25.2 Å². The number of hydrogen-bond donors (Lipinski definition) is 0. The second-order valence-electron chi connectivity index (χ2n) is 3.56. The lowest BCUT2D eigenvalue weighted by Gasteiger charge is -2.07. The van der Waals surface area contributed by atoms with Crippen LogP contribution in [0, 0.1) is 17.3 Å². The highest BCUT2D eigenvalue weighted by Gasteiger charge is 2.06. The summed E-state index contributed by atoms with van der Waals surface area (Å²) in [5.41, 5.74) is 1.23. The Kier molecular flexibility index (Phi) is 3.40. The van der Waals surface area contributed by atoms with Crippen LogP contribution in [0.25, 0.3) is 11.3 Å². The number of anilines is 1. The van der Waals surface area contributed by atoms with Gasteiger partial charge in [-0.25, -0.2) is 4.39 Å². The van der Waals surface area contributed by atoms with E-state index in [1.165, 1.54) is 17.0 Å². The Bertz CT molecular complexity index is 606. The van der Waals surface area contributed by atoms with E-state index in [0.29, 0.717) is 17.1 Å². The van der Waals surface area contributed by atoms with E-state index in [2.05, 4.69) is 10.2 Å². The molecule has 90 valence electrons. The Morgan fingerprint density at radius 1 is 1.28 bits per heavy atom. The summed E-state index contributed by atoms with van der Waals surface area (Å²) in [7, 11) is 1.58. The molecule has 18 heavy (non-hydrogen) atoms. The van der Waals surface area contributed by atoms with Gasteiger partial charge in [-0.1, -0.05) is 11.6 Å². The third-order valence-corrected chi connectivity index (χ3v) is 2.65. The van der Waals surface area contributed by atoms with Gasteiger partial charge in [-0.15, -0.1) is 10.2 Å². The predicted molar refractivity (Wildman–Crippen MR) is 66.5 cm³/mol. The topological polar surface area (TPSA) is 52.8 Å². The van der Waals surface area contributed by atoms with Gasteiger partial charge in [0.15, 0.2) is 12.0 Å². The summed E-state index contributed by atoms with van der Waals surface area (Å²) in [6.45, 7) is 0. The van der Waals surface area contributed by atoms with E-state index < -0.39 is 5.82 Å². The second kappa shape index (κ2) is 4.98. The largest absolute Gasteiger partial charge is 0.265 e. The van der Waals surface area contributed by atoms with Gasteiger partial charge in [0.25, 0.3) is 0 Å². The first kappa shape index (κ1) is 12.3. The molecule has 1 heterocycles. The average Bonchev–Trinajstić information content (AvgIpc) is 2.41. The van der Waals surface area contributed by atoms with Crippen molar-refractivity contribution in [2.45, 2.75) is 0 Å². The summed E-state index contributed by atoms with van der Waals surface area (Å²) in [6.07, 6.45) is 1.92. The summed E-state index contributed by atoms with van der Waals surface area (Å²) in [5, 5.41) is 16.6. The Morgan fingerprint density at radius 3 is 2.61 bits per heavy atom. The van der Waals surface area contributed by atoms with Crippen LogP contribution in [0.1, 0.15) is 0 Å². The van der Waals surface area contributed by atoms with Crippen molar-refractivity contribution in [2.75, 3.05) is 11.9 Å². The van der Waals surface area contributed by atoms with E-state index >= 15 is 0 Å². The maximum atomic E-state index is 13.0. The van der Waals surface area contributed by atoms with Crippen molar-refractivity contribution in [2.24, 2.45) is 0 Å². The van der Waals surface area contributed by atoms with Crippen molar-refractivity contribution in [3.8, 4) is 17.5 Å². The van der Waals surface area contributed by atoms with Gasteiger partial charge in [-0.3, -0.25) is 4.90 Å². The Labute approximate surface area is 108 Å². The molecule has 2 aromatic rings. The smallest absolute Gasteiger partial charge is 0.185 e. The van der Waals surface area contributed by atoms with Crippen molar-refractivity contribution in [3.63, 3.8) is 0 Å². The molecular formula is C12H8ClFN4. The van der Waals surface area contributed by atoms with Gasteiger partial charge >= 0.3 is 0 Å². The molecule has 0 saturated heterocycles. The third-order valence-electron chi connectivity index (χ3n) is 2.36. The third kappa shape index (κ3) is 2.39. The summed E-state index contributed by atoms with van der Waals surface area (Å²) < 4.78 is 13.0. The Morgan fingerprint density at radius 2 is 2.06 bits per heavy atom. The fourth-order valence-electron chi connectivity index (χ4n) is 1.36. The molecule has 0 aliphatic rings. The first-order valence-electron chi connectivity index (χ1n) is 5.04. The van der Waals surface area contributed by atoms with Crippen LogP contribution in [-0.2, 0) is 0 Å². The standard InChI is InChI=1S/C12H8ClFN4/c1-18(7-15)12-5-4-11(16-17-12)8-2-3-10(14)9(13)6-8/h2-6H,1H3. The molecule has 0 spiro atoms. The second-order valence-corrected chi connectivity index (χ2v) is 3.97. The fourth-order valence-corrected chi connectivity index (χ4v) is 1.55. The highest BCUT2D eigenvalue weighted by molar-refractivity contribution is 6.31. The highest BCUT2D eigenvalue weighted by Crippen LogP contribution is 2.23. The number of aromatic nitrogens is 2. The molecule has 0 fully saturated rings. The number of nitriles is 1. The Hall–Kier alpha value is -2.19. The molecule has 0 atom stereocenters. The molecule has 0 N–H and O–H groups in total. The first-order chi connectivity index (χ1) is 8.61. The zero-order valence-corrected chi connectivity index (χ0v) is 10.2. The maximum absolute atomic E-state index is 13.0. The zero-order chi connectivity index (χ0) is 13.1. The van der Waals surface area contributed by atoms with Crippen LogP contribution in [0.4, 0.5) is 10.2 Å². The van der Waals surface area contributed by atoms with Gasteiger partial charge in [-0.05, 0) is 30.3 Å². The molecule has 0 unspecified atom stereocenters. The van der Waals surface area contributed by atoms with Crippen molar-refractivity contribution in [1.29, 1.82) is 5.26 Å². The number of rotatable bonds is 2. The van der Waals surface area contributed by atoms with Gasteiger partial charge in [0.2, 0.25) is 0 Å². The summed E-state index contributed by atoms with van der Waals surface area (Å²) in [4.78, 5) is 1.29. The number of hydrogen-bond acceptors (Lipinski definition) is 4. The van der Waals surface area contributed by atoms with Gasteiger partial charge in [0.1, 0.15) is 5.82 Å². The van der Waals surface area contributed by atoms with E-state index in [9.17, 15) is 4.39 Å². The van der Waals surface area contributed by atoms with Crippen LogP contribution >= 0.6 is 11.6 Å². The van der Waals surface area contributed by atoms with Crippen LogP contribution in [0.3, 0.4) is 0 Å². The molecule has 6 heteroatoms. The molecule has 1 aromatic carbocycles. The maximum Gasteiger partial charge on any atom is 0.185 e.